The molecule has 0 spiro atoms. The molecule has 0 aliphatic rings. The molecule has 0 fully saturated rings. The zero-order valence-electron chi connectivity index (χ0n) is 16.8. The minimum absolute atomic E-state index is 0.100. The second kappa shape index (κ2) is 9.30. The Morgan fingerprint density at radius 1 is 0.848 bits per heavy atom. The predicted octanol–water partition coefficient (Wildman–Crippen LogP) is 7.16. The van der Waals surface area contributed by atoms with Gasteiger partial charge in [-0.1, -0.05) is 17.7 Å². The number of hydrogen-bond acceptors (Lipinski definition) is 4. The fourth-order valence-electron chi connectivity index (χ4n) is 2.73. The van der Waals surface area contributed by atoms with E-state index in [0.29, 0.717) is 4.90 Å². The Balaban J connectivity index is 2.04. The maximum Gasteiger partial charge on any atom is 0.422 e. The normalized spacial score (nSPS) is 12.9. The van der Waals surface area contributed by atoms with Gasteiger partial charge in [0.05, 0.1) is 28.5 Å². The molecular weight excluding hydrogens is 477 g/mol. The number of hydrogen-bond donors (Lipinski definition) is 0. The van der Waals surface area contributed by atoms with Crippen molar-refractivity contribution in [3.05, 3.63) is 76.9 Å². The maximum absolute atomic E-state index is 14.0. The van der Waals surface area contributed by atoms with E-state index >= 15 is 0 Å². The zero-order chi connectivity index (χ0) is 24.5. The van der Waals surface area contributed by atoms with E-state index < -0.39 is 51.5 Å². The SMILES string of the molecule is COc1ccc(N=Nc2c(F)c(F)c(C(F)(F)F)c(F)c2F)cc1S(=O)c1ccc(C)cc1. The molecule has 0 aromatic heterocycles. The Bertz CT molecular complexity index is 1230. The van der Waals surface area contributed by atoms with Gasteiger partial charge in [0.2, 0.25) is 0 Å². The van der Waals surface area contributed by atoms with Crippen molar-refractivity contribution in [3.8, 4) is 5.75 Å². The van der Waals surface area contributed by atoms with Crippen LogP contribution < -0.4 is 4.74 Å². The Kier molecular flexibility index (Phi) is 6.86. The van der Waals surface area contributed by atoms with Crippen molar-refractivity contribution < 1.29 is 39.7 Å². The highest BCUT2D eigenvalue weighted by atomic mass is 32.2. The molecule has 3 aromatic carbocycles. The van der Waals surface area contributed by atoms with E-state index in [1.165, 1.54) is 25.3 Å². The van der Waals surface area contributed by atoms with Crippen LogP contribution in [0.15, 0.2) is 62.5 Å². The summed E-state index contributed by atoms with van der Waals surface area (Å²) >= 11 is 0. The van der Waals surface area contributed by atoms with Crippen molar-refractivity contribution in [1.29, 1.82) is 0 Å². The standard InChI is InChI=1S/C21H13F7N2O2S/c1-10-3-6-12(7-4-10)33(31)14-9-11(5-8-13(14)32-2)29-30-20-18(24)16(22)15(21(26,27)28)17(23)19(20)25/h3-9H,1-2H3. The smallest absolute Gasteiger partial charge is 0.422 e. The fraction of sp³-hybridized carbons (Fsp3) is 0.143. The van der Waals surface area contributed by atoms with Gasteiger partial charge in [0.25, 0.3) is 0 Å². The molecule has 4 nitrogen and oxygen atoms in total. The molecule has 0 amide bonds. The number of rotatable bonds is 5. The highest BCUT2D eigenvalue weighted by molar-refractivity contribution is 7.85. The van der Waals surface area contributed by atoms with Gasteiger partial charge < -0.3 is 4.74 Å². The van der Waals surface area contributed by atoms with Gasteiger partial charge in [-0.25, -0.2) is 21.8 Å². The van der Waals surface area contributed by atoms with Crippen LogP contribution in [0.4, 0.5) is 42.1 Å². The summed E-state index contributed by atoms with van der Waals surface area (Å²) in [5, 5.41) is 6.49. The van der Waals surface area contributed by atoms with Gasteiger partial charge in [-0.05, 0) is 37.3 Å². The first-order valence-corrected chi connectivity index (χ1v) is 10.1. The molecule has 0 saturated heterocycles. The van der Waals surface area contributed by atoms with E-state index in [1.807, 2.05) is 6.92 Å². The molecule has 12 heteroatoms. The van der Waals surface area contributed by atoms with Crippen LogP contribution in [0.2, 0.25) is 0 Å². The van der Waals surface area contributed by atoms with Gasteiger partial charge in [-0.15, -0.1) is 5.11 Å². The minimum Gasteiger partial charge on any atom is -0.495 e. The van der Waals surface area contributed by atoms with E-state index in [0.717, 1.165) is 5.56 Å². The third-order valence-electron chi connectivity index (χ3n) is 4.37. The van der Waals surface area contributed by atoms with Crippen LogP contribution in [0, 0.1) is 30.2 Å². The number of alkyl halides is 3. The Hall–Kier alpha value is -3.28. The Morgan fingerprint density at radius 2 is 1.42 bits per heavy atom. The number of aryl methyl sites for hydroxylation is 1. The molecule has 1 atom stereocenters. The van der Waals surface area contributed by atoms with Gasteiger partial charge in [-0.2, -0.15) is 18.3 Å². The van der Waals surface area contributed by atoms with Gasteiger partial charge in [0, 0.05) is 4.90 Å². The summed E-state index contributed by atoms with van der Waals surface area (Å²) in [6.45, 7) is 1.83. The number of nitrogens with zero attached hydrogens (tertiary/aromatic N) is 2. The molecule has 0 aliphatic carbocycles. The van der Waals surface area contributed by atoms with Crippen LogP contribution in [0.1, 0.15) is 11.1 Å². The summed E-state index contributed by atoms with van der Waals surface area (Å²) in [5.74, 6) is -9.83. The van der Waals surface area contributed by atoms with E-state index in [2.05, 4.69) is 10.2 Å². The van der Waals surface area contributed by atoms with Crippen molar-refractivity contribution in [2.75, 3.05) is 7.11 Å². The zero-order valence-corrected chi connectivity index (χ0v) is 17.6. The largest absolute Gasteiger partial charge is 0.495 e. The first kappa shape index (κ1) is 24.4. The highest BCUT2D eigenvalue weighted by Crippen LogP contribution is 2.40. The Labute approximate surface area is 185 Å². The molecule has 3 rings (SSSR count). The maximum atomic E-state index is 14.0. The summed E-state index contributed by atoms with van der Waals surface area (Å²) in [6.07, 6.45) is -5.67. The number of benzene rings is 3. The lowest BCUT2D eigenvalue weighted by Gasteiger charge is -2.12. The van der Waals surface area contributed by atoms with Crippen LogP contribution >= 0.6 is 0 Å². The first-order valence-electron chi connectivity index (χ1n) is 8.97. The van der Waals surface area contributed by atoms with Crippen LogP contribution in [0.5, 0.6) is 5.75 Å². The molecular formula is C21H13F7N2O2S. The summed E-state index contributed by atoms with van der Waals surface area (Å²) in [7, 11) is -0.463. The quantitative estimate of drug-likeness (QED) is 0.217. The summed E-state index contributed by atoms with van der Waals surface area (Å²) in [4.78, 5) is 0.500. The van der Waals surface area contributed by atoms with Gasteiger partial charge >= 0.3 is 6.18 Å². The second-order valence-electron chi connectivity index (χ2n) is 6.59. The van der Waals surface area contributed by atoms with Crippen LogP contribution in [0.3, 0.4) is 0 Å². The number of azo groups is 1. The summed E-state index contributed by atoms with van der Waals surface area (Å²) < 4.78 is 112. The van der Waals surface area contributed by atoms with Crippen molar-refractivity contribution in [3.63, 3.8) is 0 Å². The lowest BCUT2D eigenvalue weighted by atomic mass is 10.1. The van der Waals surface area contributed by atoms with E-state index in [1.54, 1.807) is 24.3 Å². The average Bonchev–Trinajstić information content (AvgIpc) is 2.77. The topological polar surface area (TPSA) is 51.0 Å². The highest BCUT2D eigenvalue weighted by Gasteiger charge is 2.42. The number of halogens is 7. The Morgan fingerprint density at radius 3 is 1.94 bits per heavy atom. The van der Waals surface area contributed by atoms with Gasteiger partial charge in [-0.3, -0.25) is 0 Å². The monoisotopic (exact) mass is 490 g/mol. The van der Waals surface area contributed by atoms with Gasteiger partial charge in [0.15, 0.2) is 29.0 Å². The molecule has 0 N–H and O–H groups in total. The van der Waals surface area contributed by atoms with E-state index in [-0.39, 0.29) is 16.3 Å². The molecule has 0 heterocycles. The molecule has 3 aromatic rings. The molecule has 0 saturated carbocycles. The van der Waals surface area contributed by atoms with E-state index in [9.17, 15) is 34.9 Å². The van der Waals surface area contributed by atoms with Crippen LogP contribution in [-0.2, 0) is 17.0 Å². The predicted molar refractivity (Wildman–Crippen MR) is 104 cm³/mol. The molecule has 0 aliphatic heterocycles. The van der Waals surface area contributed by atoms with Crippen LogP contribution in [0.25, 0.3) is 0 Å². The van der Waals surface area contributed by atoms with Crippen molar-refractivity contribution in [2.24, 2.45) is 10.2 Å². The van der Waals surface area contributed by atoms with Crippen molar-refractivity contribution >= 4 is 22.2 Å². The minimum atomic E-state index is -5.67. The van der Waals surface area contributed by atoms with Crippen molar-refractivity contribution in [2.45, 2.75) is 22.9 Å². The summed E-state index contributed by atoms with van der Waals surface area (Å²) in [6, 6.07) is 10.4. The number of ether oxygens (including phenoxy) is 1. The molecule has 33 heavy (non-hydrogen) atoms. The third-order valence-corrected chi connectivity index (χ3v) is 5.79. The molecule has 0 radical (unpaired) electrons. The van der Waals surface area contributed by atoms with Crippen LogP contribution in [-0.4, -0.2) is 11.3 Å². The second-order valence-corrected chi connectivity index (χ2v) is 8.04. The van der Waals surface area contributed by atoms with Gasteiger partial charge in [0.1, 0.15) is 11.3 Å². The first-order chi connectivity index (χ1) is 15.5. The van der Waals surface area contributed by atoms with Crippen molar-refractivity contribution in [1.82, 2.24) is 0 Å². The lowest BCUT2D eigenvalue weighted by molar-refractivity contribution is -0.143. The lowest BCUT2D eigenvalue weighted by Crippen LogP contribution is -2.14. The van der Waals surface area contributed by atoms with E-state index in [4.69, 9.17) is 4.74 Å². The third kappa shape index (κ3) is 4.90. The number of methoxy groups -OCH3 is 1. The molecule has 174 valence electrons. The molecule has 0 bridgehead atoms. The summed E-state index contributed by atoms with van der Waals surface area (Å²) in [5.41, 5.74) is -3.64. The average molecular weight is 490 g/mol. The fourth-order valence-corrected chi connectivity index (χ4v) is 3.92. The molecule has 1 unspecified atom stereocenters.